The molecule has 0 aliphatic heterocycles. The summed E-state index contributed by atoms with van der Waals surface area (Å²) >= 11 is 1.43. The standard InChI is InChI=1S/C11H8FNO3S.Li/c12-10-3-8(1-2-9(10)11(14)15)16-4-7-5-17-6-13-7;/h1-3,5-6H,4H2,(H,14,15);/q;+1/p-1. The summed E-state index contributed by atoms with van der Waals surface area (Å²) in [6.45, 7) is 0.216. The molecule has 1 heterocycles. The molecule has 0 amide bonds. The van der Waals surface area contributed by atoms with Gasteiger partial charge in [-0.1, -0.05) is 0 Å². The minimum Gasteiger partial charge on any atom is -0.545 e. The van der Waals surface area contributed by atoms with Crippen LogP contribution in [0.15, 0.2) is 29.1 Å². The Morgan fingerprint density at radius 3 is 2.83 bits per heavy atom. The van der Waals surface area contributed by atoms with Gasteiger partial charge in [-0.25, -0.2) is 9.37 Å². The molecule has 7 heteroatoms. The van der Waals surface area contributed by atoms with Crippen LogP contribution in [0.2, 0.25) is 0 Å². The van der Waals surface area contributed by atoms with E-state index in [0.29, 0.717) is 0 Å². The van der Waals surface area contributed by atoms with Gasteiger partial charge in [0.25, 0.3) is 0 Å². The molecule has 0 aliphatic rings. The molecule has 1 aromatic heterocycles. The molecular weight excluding hydrogens is 252 g/mol. The Labute approximate surface area is 119 Å². The number of carboxylic acids is 1. The van der Waals surface area contributed by atoms with Crippen LogP contribution in [0, 0.1) is 5.82 Å². The van der Waals surface area contributed by atoms with Gasteiger partial charge in [-0.3, -0.25) is 0 Å². The summed E-state index contributed by atoms with van der Waals surface area (Å²) in [6.07, 6.45) is 0. The van der Waals surface area contributed by atoms with Crippen LogP contribution in [0.4, 0.5) is 4.39 Å². The second-order valence-electron chi connectivity index (χ2n) is 3.20. The first-order valence-corrected chi connectivity index (χ1v) is 5.62. The fourth-order valence-electron chi connectivity index (χ4n) is 1.22. The summed E-state index contributed by atoms with van der Waals surface area (Å²) in [5.74, 6) is -2.17. The van der Waals surface area contributed by atoms with Crippen molar-refractivity contribution in [1.29, 1.82) is 0 Å². The van der Waals surface area contributed by atoms with Gasteiger partial charge in [0.1, 0.15) is 18.2 Å². The summed E-state index contributed by atoms with van der Waals surface area (Å²) in [5, 5.41) is 12.3. The van der Waals surface area contributed by atoms with Crippen molar-refractivity contribution in [2.24, 2.45) is 0 Å². The van der Waals surface area contributed by atoms with E-state index in [9.17, 15) is 14.3 Å². The summed E-state index contributed by atoms with van der Waals surface area (Å²) in [4.78, 5) is 14.5. The Balaban J connectivity index is 0.00000162. The van der Waals surface area contributed by atoms with E-state index in [1.165, 1.54) is 17.4 Å². The second kappa shape index (κ2) is 6.55. The van der Waals surface area contributed by atoms with Crippen molar-refractivity contribution in [3.8, 4) is 5.75 Å². The average Bonchev–Trinajstić information content (AvgIpc) is 2.78. The maximum absolute atomic E-state index is 13.3. The first-order valence-electron chi connectivity index (χ1n) is 4.67. The van der Waals surface area contributed by atoms with E-state index in [4.69, 9.17) is 4.74 Å². The van der Waals surface area contributed by atoms with E-state index >= 15 is 0 Å². The zero-order valence-corrected chi connectivity index (χ0v) is 10.4. The van der Waals surface area contributed by atoms with Crippen LogP contribution in [0.5, 0.6) is 5.75 Å². The molecule has 1 aromatic carbocycles. The number of hydrogen-bond donors (Lipinski definition) is 0. The Bertz CT molecular complexity index is 533. The van der Waals surface area contributed by atoms with Crippen LogP contribution in [0.3, 0.4) is 0 Å². The molecule has 0 N–H and O–H groups in total. The van der Waals surface area contributed by atoms with Crippen molar-refractivity contribution < 1.29 is 37.9 Å². The Morgan fingerprint density at radius 1 is 1.50 bits per heavy atom. The molecule has 0 aliphatic carbocycles. The van der Waals surface area contributed by atoms with E-state index in [1.807, 2.05) is 5.38 Å². The van der Waals surface area contributed by atoms with Crippen molar-refractivity contribution in [2.45, 2.75) is 6.61 Å². The average molecular weight is 259 g/mol. The first-order chi connectivity index (χ1) is 8.16. The first kappa shape index (κ1) is 14.7. The zero-order chi connectivity index (χ0) is 12.3. The minimum atomic E-state index is -1.55. The second-order valence-corrected chi connectivity index (χ2v) is 3.92. The van der Waals surface area contributed by atoms with Crippen LogP contribution in [-0.4, -0.2) is 11.0 Å². The van der Waals surface area contributed by atoms with Crippen LogP contribution >= 0.6 is 11.3 Å². The number of hydrogen-bond acceptors (Lipinski definition) is 5. The molecule has 0 radical (unpaired) electrons. The van der Waals surface area contributed by atoms with Gasteiger partial charge < -0.3 is 14.6 Å². The summed E-state index contributed by atoms with van der Waals surface area (Å²) in [7, 11) is 0. The maximum Gasteiger partial charge on any atom is 1.00 e. The number of nitrogens with zero attached hydrogens (tertiary/aromatic N) is 1. The van der Waals surface area contributed by atoms with Gasteiger partial charge in [0, 0.05) is 17.0 Å². The van der Waals surface area contributed by atoms with E-state index in [0.717, 1.165) is 17.8 Å². The molecule has 0 bridgehead atoms. The fourth-order valence-corrected chi connectivity index (χ4v) is 1.76. The number of carbonyl (C=O) groups excluding carboxylic acids is 1. The predicted molar refractivity (Wildman–Crippen MR) is 57.2 cm³/mol. The summed E-state index contributed by atoms with van der Waals surface area (Å²) in [5.41, 5.74) is 1.92. The van der Waals surface area contributed by atoms with Gasteiger partial charge in [-0.05, 0) is 12.1 Å². The quantitative estimate of drug-likeness (QED) is 0.610. The van der Waals surface area contributed by atoms with Gasteiger partial charge in [-0.15, -0.1) is 11.3 Å². The number of rotatable bonds is 4. The summed E-state index contributed by atoms with van der Waals surface area (Å²) in [6, 6.07) is 3.50. The molecule has 0 fully saturated rings. The normalized spacial score (nSPS) is 9.61. The smallest absolute Gasteiger partial charge is 0.545 e. The third kappa shape index (κ3) is 3.57. The Kier molecular flexibility index (Phi) is 5.35. The molecular formula is C11H7FLiNO3S. The van der Waals surface area contributed by atoms with Gasteiger partial charge in [-0.2, -0.15) is 0 Å². The van der Waals surface area contributed by atoms with E-state index < -0.39 is 17.3 Å². The van der Waals surface area contributed by atoms with Crippen LogP contribution in [-0.2, 0) is 6.61 Å². The molecule has 0 atom stereocenters. The van der Waals surface area contributed by atoms with Crippen molar-refractivity contribution in [2.75, 3.05) is 0 Å². The zero-order valence-electron chi connectivity index (χ0n) is 9.55. The van der Waals surface area contributed by atoms with Crippen molar-refractivity contribution in [1.82, 2.24) is 4.98 Å². The Hall–Kier alpha value is -1.35. The van der Waals surface area contributed by atoms with E-state index in [-0.39, 0.29) is 31.2 Å². The molecule has 0 spiro atoms. The van der Waals surface area contributed by atoms with Crippen molar-refractivity contribution >= 4 is 17.3 Å². The number of benzene rings is 1. The van der Waals surface area contributed by atoms with Crippen LogP contribution in [0.25, 0.3) is 0 Å². The number of ether oxygens (including phenoxy) is 1. The number of aromatic nitrogens is 1. The van der Waals surface area contributed by atoms with E-state index in [1.54, 1.807) is 5.51 Å². The van der Waals surface area contributed by atoms with Crippen LogP contribution in [0.1, 0.15) is 16.1 Å². The number of carboxylic acid groups (broad SMARTS) is 1. The third-order valence-corrected chi connectivity index (χ3v) is 2.67. The number of aromatic carboxylic acids is 1. The van der Waals surface area contributed by atoms with Gasteiger partial charge in [0.05, 0.1) is 17.2 Å². The molecule has 88 valence electrons. The van der Waals surface area contributed by atoms with Gasteiger partial charge in [0.2, 0.25) is 0 Å². The Morgan fingerprint density at radius 2 is 2.28 bits per heavy atom. The van der Waals surface area contributed by atoms with Gasteiger partial charge >= 0.3 is 18.9 Å². The number of halogens is 1. The molecule has 0 unspecified atom stereocenters. The largest absolute Gasteiger partial charge is 1.00 e. The van der Waals surface area contributed by atoms with Crippen LogP contribution < -0.4 is 28.7 Å². The summed E-state index contributed by atoms with van der Waals surface area (Å²) < 4.78 is 18.5. The number of thiazole rings is 1. The molecule has 2 aromatic rings. The topological polar surface area (TPSA) is 62.2 Å². The minimum absolute atomic E-state index is 0. The molecule has 18 heavy (non-hydrogen) atoms. The SMILES string of the molecule is O=C([O-])c1ccc(OCc2cscn2)cc1F.[Li+]. The molecule has 4 nitrogen and oxygen atoms in total. The third-order valence-electron chi connectivity index (χ3n) is 2.03. The van der Waals surface area contributed by atoms with Crippen molar-refractivity contribution in [3.63, 3.8) is 0 Å². The monoisotopic (exact) mass is 259 g/mol. The molecule has 0 saturated heterocycles. The van der Waals surface area contributed by atoms with Gasteiger partial charge in [0.15, 0.2) is 0 Å². The predicted octanol–water partition coefficient (Wildman–Crippen LogP) is -1.77. The van der Waals surface area contributed by atoms with E-state index in [2.05, 4.69) is 4.98 Å². The molecule has 0 saturated carbocycles. The number of carbonyl (C=O) groups is 1. The maximum atomic E-state index is 13.3. The van der Waals surface area contributed by atoms with Crippen molar-refractivity contribution in [3.05, 3.63) is 46.2 Å². The fraction of sp³-hybridized carbons (Fsp3) is 0.0909. The molecule has 2 rings (SSSR count).